The number of anilines is 1. The van der Waals surface area contributed by atoms with Gasteiger partial charge in [0, 0.05) is 36.7 Å². The van der Waals surface area contributed by atoms with Crippen LogP contribution in [-0.4, -0.2) is 18.1 Å². The van der Waals surface area contributed by atoms with E-state index in [0.717, 1.165) is 24.4 Å². The Morgan fingerprint density at radius 1 is 1.20 bits per heavy atom. The lowest BCUT2D eigenvalue weighted by molar-refractivity contribution is 0.306. The van der Waals surface area contributed by atoms with Crippen molar-refractivity contribution in [3.05, 3.63) is 53.3 Å². The summed E-state index contributed by atoms with van der Waals surface area (Å²) in [6.45, 7) is 2.72. The van der Waals surface area contributed by atoms with Crippen LogP contribution in [0.3, 0.4) is 0 Å². The first kappa shape index (κ1) is 13.3. The minimum atomic E-state index is 0.483. The first-order chi connectivity index (χ1) is 9.83. The quantitative estimate of drug-likeness (QED) is 0.853. The highest BCUT2D eigenvalue weighted by Crippen LogP contribution is 2.31. The number of aromatic nitrogens is 1. The number of hydrogen-bond donors (Lipinski definition) is 0. The number of halogens is 1. The third-order valence-corrected chi connectivity index (χ3v) is 3.80. The van der Waals surface area contributed by atoms with Gasteiger partial charge in [0.05, 0.1) is 5.02 Å². The molecule has 0 unspecified atom stereocenters. The summed E-state index contributed by atoms with van der Waals surface area (Å²) in [6, 6.07) is 9.91. The zero-order chi connectivity index (χ0) is 13.8. The summed E-state index contributed by atoms with van der Waals surface area (Å²) in [6.07, 6.45) is 6.07. The normalized spacial score (nSPS) is 14.6. The molecule has 2 heterocycles. The Kier molecular flexibility index (Phi) is 4.07. The van der Waals surface area contributed by atoms with Crippen LogP contribution in [0.2, 0.25) is 5.02 Å². The predicted molar refractivity (Wildman–Crippen MR) is 81.5 cm³/mol. The SMILES string of the molecule is Clc1cc(N2CCCC2)ccc1OCc1cccnc1. The van der Waals surface area contributed by atoms with Gasteiger partial charge in [0.1, 0.15) is 12.4 Å². The van der Waals surface area contributed by atoms with Gasteiger partial charge in [0.25, 0.3) is 0 Å². The fourth-order valence-electron chi connectivity index (χ4n) is 2.42. The van der Waals surface area contributed by atoms with E-state index in [1.54, 1.807) is 12.4 Å². The second-order valence-corrected chi connectivity index (χ2v) is 5.37. The second-order valence-electron chi connectivity index (χ2n) is 4.96. The van der Waals surface area contributed by atoms with Crippen LogP contribution in [0.15, 0.2) is 42.7 Å². The molecule has 0 aliphatic carbocycles. The number of pyridine rings is 1. The van der Waals surface area contributed by atoms with Gasteiger partial charge < -0.3 is 9.64 Å². The molecule has 0 amide bonds. The van der Waals surface area contributed by atoms with E-state index >= 15 is 0 Å². The predicted octanol–water partition coefficient (Wildman–Crippen LogP) is 3.91. The lowest BCUT2D eigenvalue weighted by Gasteiger charge is -2.18. The van der Waals surface area contributed by atoms with Crippen LogP contribution in [0.5, 0.6) is 5.75 Å². The van der Waals surface area contributed by atoms with Crippen molar-refractivity contribution in [3.8, 4) is 5.75 Å². The third-order valence-electron chi connectivity index (χ3n) is 3.50. The second kappa shape index (κ2) is 6.14. The topological polar surface area (TPSA) is 25.4 Å². The first-order valence-electron chi connectivity index (χ1n) is 6.89. The number of benzene rings is 1. The zero-order valence-corrected chi connectivity index (χ0v) is 12.0. The highest BCUT2D eigenvalue weighted by molar-refractivity contribution is 6.32. The Balaban J connectivity index is 1.68. The molecule has 3 rings (SSSR count). The molecular formula is C16H17ClN2O. The number of rotatable bonds is 4. The van der Waals surface area contributed by atoms with E-state index in [1.807, 2.05) is 24.3 Å². The van der Waals surface area contributed by atoms with Crippen molar-refractivity contribution in [2.45, 2.75) is 19.4 Å². The summed E-state index contributed by atoms with van der Waals surface area (Å²) in [4.78, 5) is 6.42. The molecule has 0 saturated carbocycles. The molecule has 1 aromatic heterocycles. The lowest BCUT2D eigenvalue weighted by atomic mass is 10.2. The molecule has 1 saturated heterocycles. The fourth-order valence-corrected chi connectivity index (χ4v) is 2.65. The van der Waals surface area contributed by atoms with Crippen LogP contribution < -0.4 is 9.64 Å². The van der Waals surface area contributed by atoms with Crippen LogP contribution in [0.1, 0.15) is 18.4 Å². The van der Waals surface area contributed by atoms with Crippen molar-refractivity contribution in [1.29, 1.82) is 0 Å². The van der Waals surface area contributed by atoms with Crippen LogP contribution >= 0.6 is 11.6 Å². The molecule has 0 atom stereocenters. The molecule has 0 radical (unpaired) electrons. The molecule has 3 nitrogen and oxygen atoms in total. The largest absolute Gasteiger partial charge is 0.487 e. The first-order valence-corrected chi connectivity index (χ1v) is 7.27. The highest BCUT2D eigenvalue weighted by Gasteiger charge is 2.13. The molecule has 104 valence electrons. The molecule has 1 fully saturated rings. The summed E-state index contributed by atoms with van der Waals surface area (Å²) in [5, 5.41) is 0.665. The molecule has 0 N–H and O–H groups in total. The van der Waals surface area contributed by atoms with Crippen LogP contribution in [0, 0.1) is 0 Å². The van der Waals surface area contributed by atoms with Crippen LogP contribution in [0.4, 0.5) is 5.69 Å². The van der Waals surface area contributed by atoms with E-state index in [2.05, 4.69) is 16.0 Å². The van der Waals surface area contributed by atoms with Crippen LogP contribution in [0.25, 0.3) is 0 Å². The van der Waals surface area contributed by atoms with Gasteiger partial charge in [-0.2, -0.15) is 0 Å². The van der Waals surface area contributed by atoms with Gasteiger partial charge in [-0.15, -0.1) is 0 Å². The summed E-state index contributed by atoms with van der Waals surface area (Å²) < 4.78 is 5.75. The van der Waals surface area contributed by atoms with Gasteiger partial charge >= 0.3 is 0 Å². The summed E-state index contributed by atoms with van der Waals surface area (Å²) >= 11 is 6.31. The Morgan fingerprint density at radius 2 is 2.05 bits per heavy atom. The Labute approximate surface area is 124 Å². The van der Waals surface area contributed by atoms with Crippen molar-refractivity contribution in [2.24, 2.45) is 0 Å². The van der Waals surface area contributed by atoms with Crippen LogP contribution in [-0.2, 0) is 6.61 Å². The van der Waals surface area contributed by atoms with Gasteiger partial charge in [-0.3, -0.25) is 4.98 Å². The Hall–Kier alpha value is -1.74. The molecule has 1 aromatic carbocycles. The van der Waals surface area contributed by atoms with Crippen molar-refractivity contribution in [1.82, 2.24) is 4.98 Å². The molecule has 0 bridgehead atoms. The van der Waals surface area contributed by atoms with Crippen molar-refractivity contribution in [3.63, 3.8) is 0 Å². The Morgan fingerprint density at radius 3 is 2.75 bits per heavy atom. The summed E-state index contributed by atoms with van der Waals surface area (Å²) in [5.74, 6) is 0.721. The number of ether oxygens (including phenoxy) is 1. The van der Waals surface area contributed by atoms with Crippen molar-refractivity contribution in [2.75, 3.05) is 18.0 Å². The van der Waals surface area contributed by atoms with Gasteiger partial charge in [-0.25, -0.2) is 0 Å². The molecule has 0 spiro atoms. The summed E-state index contributed by atoms with van der Waals surface area (Å²) in [5.41, 5.74) is 2.22. The lowest BCUT2D eigenvalue weighted by Crippen LogP contribution is -2.17. The van der Waals surface area contributed by atoms with E-state index in [1.165, 1.54) is 18.5 Å². The highest BCUT2D eigenvalue weighted by atomic mass is 35.5. The van der Waals surface area contributed by atoms with E-state index in [4.69, 9.17) is 16.3 Å². The smallest absolute Gasteiger partial charge is 0.138 e. The number of nitrogens with zero attached hydrogens (tertiary/aromatic N) is 2. The minimum absolute atomic E-state index is 0.483. The molecule has 4 heteroatoms. The van der Waals surface area contributed by atoms with Gasteiger partial charge in [0.15, 0.2) is 0 Å². The summed E-state index contributed by atoms with van der Waals surface area (Å²) in [7, 11) is 0. The van der Waals surface area contributed by atoms with E-state index in [0.29, 0.717) is 11.6 Å². The van der Waals surface area contributed by atoms with E-state index in [9.17, 15) is 0 Å². The van der Waals surface area contributed by atoms with Crippen molar-refractivity contribution < 1.29 is 4.74 Å². The molecule has 1 aliphatic heterocycles. The van der Waals surface area contributed by atoms with Crippen molar-refractivity contribution >= 4 is 17.3 Å². The maximum absolute atomic E-state index is 6.31. The Bertz CT molecular complexity index is 568. The monoisotopic (exact) mass is 288 g/mol. The number of hydrogen-bond acceptors (Lipinski definition) is 3. The fraction of sp³-hybridized carbons (Fsp3) is 0.312. The molecular weight excluding hydrogens is 272 g/mol. The van der Waals surface area contributed by atoms with Gasteiger partial charge in [-0.1, -0.05) is 17.7 Å². The maximum Gasteiger partial charge on any atom is 0.138 e. The van der Waals surface area contributed by atoms with E-state index in [-0.39, 0.29) is 0 Å². The van der Waals surface area contributed by atoms with Gasteiger partial charge in [0.2, 0.25) is 0 Å². The average molecular weight is 289 g/mol. The zero-order valence-electron chi connectivity index (χ0n) is 11.3. The molecule has 1 aliphatic rings. The standard InChI is InChI=1S/C16H17ClN2O/c17-15-10-14(19-8-1-2-9-19)5-6-16(15)20-12-13-4-3-7-18-11-13/h3-7,10-11H,1-2,8-9,12H2. The maximum atomic E-state index is 6.31. The van der Waals surface area contributed by atoms with Gasteiger partial charge in [-0.05, 0) is 37.1 Å². The average Bonchev–Trinajstić information content (AvgIpc) is 3.01. The molecule has 20 heavy (non-hydrogen) atoms. The third kappa shape index (κ3) is 3.05. The molecule has 2 aromatic rings. The minimum Gasteiger partial charge on any atom is -0.487 e. The van der Waals surface area contributed by atoms with E-state index < -0.39 is 0 Å².